The number of carbonyl (C=O) groups excluding carboxylic acids is 1. The third-order valence-electron chi connectivity index (χ3n) is 2.94. The molecule has 1 aromatic carbocycles. The summed E-state index contributed by atoms with van der Waals surface area (Å²) in [7, 11) is 0. The molecule has 2 rings (SSSR count). The van der Waals surface area contributed by atoms with Crippen molar-refractivity contribution < 1.29 is 9.53 Å². The van der Waals surface area contributed by atoms with Gasteiger partial charge in [0, 0.05) is 5.57 Å². The highest BCUT2D eigenvalue weighted by molar-refractivity contribution is 6.42. The molecule has 0 saturated carbocycles. The molecule has 0 unspecified atom stereocenters. The second-order valence-corrected chi connectivity index (χ2v) is 5.44. The number of rotatable bonds is 1. The summed E-state index contributed by atoms with van der Waals surface area (Å²) in [4.78, 5) is 11.5. The molecule has 0 radical (unpaired) electrons. The molecule has 0 N–H and O–H groups in total. The molecule has 1 aromatic rings. The Bertz CT molecular complexity index is 506. The minimum Gasteiger partial charge on any atom is -0.455 e. The fourth-order valence-corrected chi connectivity index (χ4v) is 2.50. The van der Waals surface area contributed by atoms with Crippen molar-refractivity contribution in [2.75, 3.05) is 0 Å². The monoisotopic (exact) mass is 270 g/mol. The molecule has 90 valence electrons. The van der Waals surface area contributed by atoms with Gasteiger partial charge in [-0.1, -0.05) is 35.8 Å². The maximum atomic E-state index is 11.5. The van der Waals surface area contributed by atoms with Crippen molar-refractivity contribution in [1.82, 2.24) is 0 Å². The molecular weight excluding hydrogens is 259 g/mol. The summed E-state index contributed by atoms with van der Waals surface area (Å²) in [6, 6.07) is 5.31. The summed E-state index contributed by atoms with van der Waals surface area (Å²) in [5.74, 6) is -0.546. The zero-order valence-corrected chi connectivity index (χ0v) is 11.1. The van der Waals surface area contributed by atoms with E-state index in [9.17, 15) is 4.79 Å². The van der Waals surface area contributed by atoms with E-state index in [1.165, 1.54) is 0 Å². The lowest BCUT2D eigenvalue weighted by atomic mass is 9.82. The Morgan fingerprint density at radius 1 is 1.29 bits per heavy atom. The Morgan fingerprint density at radius 3 is 2.41 bits per heavy atom. The smallest absolute Gasteiger partial charge is 0.334 e. The van der Waals surface area contributed by atoms with Crippen LogP contribution >= 0.6 is 23.2 Å². The number of hydrogen-bond donors (Lipinski definition) is 0. The summed E-state index contributed by atoms with van der Waals surface area (Å²) >= 11 is 11.9. The first-order valence-electron chi connectivity index (χ1n) is 5.20. The maximum absolute atomic E-state index is 11.5. The summed E-state index contributed by atoms with van der Waals surface area (Å²) in [6.07, 6.45) is 0. The first-order valence-corrected chi connectivity index (χ1v) is 5.95. The van der Waals surface area contributed by atoms with Gasteiger partial charge in [-0.15, -0.1) is 0 Å². The maximum Gasteiger partial charge on any atom is 0.334 e. The number of benzene rings is 1. The fourth-order valence-electron chi connectivity index (χ4n) is 2.20. The quantitative estimate of drug-likeness (QED) is 0.570. The molecular formula is C13H12Cl2O2. The van der Waals surface area contributed by atoms with Gasteiger partial charge in [-0.2, -0.15) is 0 Å². The Hall–Kier alpha value is -0.990. The average Bonchev–Trinajstić information content (AvgIpc) is 2.41. The lowest BCUT2D eigenvalue weighted by Crippen LogP contribution is -2.26. The number of carbonyl (C=O) groups is 1. The van der Waals surface area contributed by atoms with Gasteiger partial charge in [-0.3, -0.25) is 0 Å². The molecule has 2 nitrogen and oxygen atoms in total. The fraction of sp³-hybridized carbons (Fsp3) is 0.308. The van der Waals surface area contributed by atoms with Gasteiger partial charge >= 0.3 is 5.97 Å². The van der Waals surface area contributed by atoms with Gasteiger partial charge in [-0.05, 0) is 31.5 Å². The number of cyclic esters (lactones) is 1. The average molecular weight is 271 g/mol. The standard InChI is InChI=1S/C13H12Cl2O2/c1-7-11(13(2,3)17-12(7)16)8-4-5-9(14)10(15)6-8/h4-6,11H,1H2,2-3H3/t11-/m0/s1. The first kappa shape index (κ1) is 12.5. The van der Waals surface area contributed by atoms with E-state index in [1.54, 1.807) is 12.1 Å². The molecule has 1 aliphatic heterocycles. The number of esters is 1. The van der Waals surface area contributed by atoms with E-state index in [-0.39, 0.29) is 11.9 Å². The lowest BCUT2D eigenvalue weighted by Gasteiger charge is -2.25. The van der Waals surface area contributed by atoms with Gasteiger partial charge in [0.05, 0.1) is 16.0 Å². The zero-order valence-electron chi connectivity index (χ0n) is 9.59. The van der Waals surface area contributed by atoms with Gasteiger partial charge < -0.3 is 4.74 Å². The van der Waals surface area contributed by atoms with E-state index >= 15 is 0 Å². The van der Waals surface area contributed by atoms with Crippen LogP contribution in [0.2, 0.25) is 10.0 Å². The largest absolute Gasteiger partial charge is 0.455 e. The van der Waals surface area contributed by atoms with Crippen LogP contribution in [0.15, 0.2) is 30.4 Å². The Labute approximate surface area is 110 Å². The van der Waals surface area contributed by atoms with E-state index in [0.717, 1.165) is 5.56 Å². The van der Waals surface area contributed by atoms with Crippen LogP contribution in [0, 0.1) is 0 Å². The van der Waals surface area contributed by atoms with Crippen LogP contribution in [-0.2, 0) is 9.53 Å². The molecule has 1 saturated heterocycles. The van der Waals surface area contributed by atoms with Gasteiger partial charge in [0.2, 0.25) is 0 Å². The van der Waals surface area contributed by atoms with E-state index in [0.29, 0.717) is 15.6 Å². The van der Waals surface area contributed by atoms with Gasteiger partial charge in [-0.25, -0.2) is 4.79 Å². The predicted octanol–water partition coefficient (Wildman–Crippen LogP) is 3.97. The highest BCUT2D eigenvalue weighted by Crippen LogP contribution is 2.44. The second kappa shape index (κ2) is 4.04. The predicted molar refractivity (Wildman–Crippen MR) is 68.5 cm³/mol. The minimum absolute atomic E-state index is 0.190. The Kier molecular flexibility index (Phi) is 2.96. The third-order valence-corrected chi connectivity index (χ3v) is 3.68. The van der Waals surface area contributed by atoms with E-state index < -0.39 is 5.60 Å². The molecule has 17 heavy (non-hydrogen) atoms. The lowest BCUT2D eigenvalue weighted by molar-refractivity contribution is -0.144. The number of hydrogen-bond acceptors (Lipinski definition) is 2. The van der Waals surface area contributed by atoms with Gasteiger partial charge in [0.15, 0.2) is 0 Å². The summed E-state index contributed by atoms with van der Waals surface area (Å²) in [6.45, 7) is 7.50. The zero-order chi connectivity index (χ0) is 12.8. The molecule has 0 aromatic heterocycles. The summed E-state index contributed by atoms with van der Waals surface area (Å²) in [5.41, 5.74) is 0.736. The molecule has 1 atom stereocenters. The van der Waals surface area contributed by atoms with Crippen molar-refractivity contribution in [1.29, 1.82) is 0 Å². The Balaban J connectivity index is 2.48. The first-order chi connectivity index (χ1) is 7.83. The van der Waals surface area contributed by atoms with Crippen LogP contribution in [-0.4, -0.2) is 11.6 Å². The van der Waals surface area contributed by atoms with Crippen LogP contribution in [0.25, 0.3) is 0 Å². The Morgan fingerprint density at radius 2 is 1.94 bits per heavy atom. The van der Waals surface area contributed by atoms with Crippen molar-refractivity contribution in [2.45, 2.75) is 25.4 Å². The molecule has 0 spiro atoms. The van der Waals surface area contributed by atoms with Gasteiger partial charge in [0.1, 0.15) is 5.60 Å². The van der Waals surface area contributed by atoms with Crippen molar-refractivity contribution in [3.8, 4) is 0 Å². The second-order valence-electron chi connectivity index (χ2n) is 4.62. The van der Waals surface area contributed by atoms with Crippen molar-refractivity contribution in [2.24, 2.45) is 0 Å². The summed E-state index contributed by atoms with van der Waals surface area (Å²) < 4.78 is 5.28. The van der Waals surface area contributed by atoms with Crippen LogP contribution in [0.5, 0.6) is 0 Å². The SMILES string of the molecule is C=C1C(=O)OC(C)(C)[C@@H]1c1ccc(Cl)c(Cl)c1. The van der Waals surface area contributed by atoms with E-state index in [1.807, 2.05) is 19.9 Å². The van der Waals surface area contributed by atoms with E-state index in [4.69, 9.17) is 27.9 Å². The highest BCUT2D eigenvalue weighted by atomic mass is 35.5. The van der Waals surface area contributed by atoms with Gasteiger partial charge in [0.25, 0.3) is 0 Å². The topological polar surface area (TPSA) is 26.3 Å². The molecule has 0 amide bonds. The van der Waals surface area contributed by atoms with Crippen molar-refractivity contribution in [3.05, 3.63) is 46.0 Å². The molecule has 0 bridgehead atoms. The molecule has 1 aliphatic rings. The van der Waals surface area contributed by atoms with Crippen LogP contribution in [0.4, 0.5) is 0 Å². The van der Waals surface area contributed by atoms with Crippen LogP contribution in [0.3, 0.4) is 0 Å². The third kappa shape index (κ3) is 2.07. The van der Waals surface area contributed by atoms with E-state index in [2.05, 4.69) is 6.58 Å². The minimum atomic E-state index is -0.606. The molecule has 4 heteroatoms. The summed E-state index contributed by atoms with van der Waals surface area (Å²) in [5, 5.41) is 0.955. The van der Waals surface area contributed by atoms with Crippen molar-refractivity contribution in [3.63, 3.8) is 0 Å². The van der Waals surface area contributed by atoms with Crippen LogP contribution < -0.4 is 0 Å². The highest BCUT2D eigenvalue weighted by Gasteiger charge is 2.45. The molecule has 1 heterocycles. The number of ether oxygens (including phenoxy) is 1. The number of halogens is 2. The van der Waals surface area contributed by atoms with Crippen LogP contribution in [0.1, 0.15) is 25.3 Å². The molecule has 1 fully saturated rings. The molecule has 0 aliphatic carbocycles. The van der Waals surface area contributed by atoms with Crippen molar-refractivity contribution >= 4 is 29.2 Å². The normalized spacial score (nSPS) is 22.7.